The zero-order valence-electron chi connectivity index (χ0n) is 11.3. The molecule has 0 saturated heterocycles. The van der Waals surface area contributed by atoms with E-state index in [0.717, 1.165) is 12.1 Å². The van der Waals surface area contributed by atoms with E-state index < -0.39 is 23.0 Å². The van der Waals surface area contributed by atoms with Gasteiger partial charge in [0.25, 0.3) is 11.3 Å². The summed E-state index contributed by atoms with van der Waals surface area (Å²) in [6.45, 7) is 0. The first-order chi connectivity index (χ1) is 10.3. The predicted octanol–water partition coefficient (Wildman–Crippen LogP) is 3.93. The zero-order valence-corrected chi connectivity index (χ0v) is 12.2. The summed E-state index contributed by atoms with van der Waals surface area (Å²) in [6, 6.07) is 9.40. The summed E-state index contributed by atoms with van der Waals surface area (Å²) in [4.78, 5) is 0. The molecule has 1 atom stereocenters. The van der Waals surface area contributed by atoms with Gasteiger partial charge in [0.1, 0.15) is 5.75 Å². The normalized spacial score (nSPS) is 12.8. The second kappa shape index (κ2) is 6.37. The van der Waals surface area contributed by atoms with Crippen LogP contribution in [0.5, 0.6) is 5.75 Å². The molecule has 1 unspecified atom stereocenters. The van der Waals surface area contributed by atoms with Gasteiger partial charge in [0.2, 0.25) is 0 Å². The Balaban J connectivity index is 2.35. The predicted molar refractivity (Wildman–Crippen MR) is 77.8 cm³/mol. The average molecular weight is 331 g/mol. The van der Waals surface area contributed by atoms with E-state index in [4.69, 9.17) is 9.29 Å². The molecule has 0 amide bonds. The van der Waals surface area contributed by atoms with Gasteiger partial charge in [-0.3, -0.25) is 9.27 Å². The molecule has 0 fully saturated rings. The minimum Gasteiger partial charge on any atom is -0.495 e. The summed E-state index contributed by atoms with van der Waals surface area (Å²) in [5.41, 5.74) is 0.777. The molecule has 0 saturated carbocycles. The van der Waals surface area contributed by atoms with E-state index in [0.29, 0.717) is 22.6 Å². The van der Waals surface area contributed by atoms with Crippen molar-refractivity contribution < 1.29 is 26.7 Å². The minimum absolute atomic E-state index is 0.305. The van der Waals surface area contributed by atoms with Crippen LogP contribution in [-0.4, -0.2) is 15.9 Å². The number of ether oxygens (including phenoxy) is 1. The van der Waals surface area contributed by atoms with Gasteiger partial charge in [-0.2, -0.15) is 13.2 Å². The third kappa shape index (κ3) is 3.77. The van der Waals surface area contributed by atoms with Crippen LogP contribution >= 0.6 is 0 Å². The van der Waals surface area contributed by atoms with Gasteiger partial charge in [-0.05, 0) is 35.4 Å². The second-order valence-corrected chi connectivity index (χ2v) is 5.04. The Morgan fingerprint density at radius 3 is 2.18 bits per heavy atom. The summed E-state index contributed by atoms with van der Waals surface area (Å²) in [5.74, 6) is 0.305. The number of methoxy groups -OCH3 is 1. The number of hydrogen-bond donors (Lipinski definition) is 2. The van der Waals surface area contributed by atoms with Crippen LogP contribution < -0.4 is 9.46 Å². The number of nitrogens with one attached hydrogen (secondary N) is 1. The smallest absolute Gasteiger partial charge is 0.416 e. The van der Waals surface area contributed by atoms with Crippen molar-refractivity contribution in [3.05, 3.63) is 48.0 Å². The highest BCUT2D eigenvalue weighted by molar-refractivity contribution is 7.80. The van der Waals surface area contributed by atoms with Crippen LogP contribution in [0.3, 0.4) is 0 Å². The number of alkyl halides is 3. The van der Waals surface area contributed by atoms with Crippen LogP contribution in [0.15, 0.2) is 42.5 Å². The molecule has 0 radical (unpaired) electrons. The molecule has 0 aliphatic carbocycles. The number of hydrogen-bond acceptors (Lipinski definition) is 2. The number of halogens is 3. The number of anilines is 1. The van der Waals surface area contributed by atoms with Crippen LogP contribution in [-0.2, 0) is 17.4 Å². The molecule has 0 aliphatic rings. The van der Waals surface area contributed by atoms with Crippen molar-refractivity contribution in [2.24, 2.45) is 0 Å². The van der Waals surface area contributed by atoms with E-state index in [9.17, 15) is 17.4 Å². The second-order valence-electron chi connectivity index (χ2n) is 4.34. The molecule has 0 heterocycles. The molecular formula is C14H12F3NO3S. The molecule has 22 heavy (non-hydrogen) atoms. The molecule has 2 rings (SSSR count). The van der Waals surface area contributed by atoms with Gasteiger partial charge in [-0.1, -0.05) is 18.2 Å². The Morgan fingerprint density at radius 1 is 1.09 bits per heavy atom. The lowest BCUT2D eigenvalue weighted by molar-refractivity contribution is -0.137. The molecule has 118 valence electrons. The zero-order chi connectivity index (χ0) is 16.3. The van der Waals surface area contributed by atoms with Crippen molar-refractivity contribution >= 4 is 17.0 Å². The maximum atomic E-state index is 12.5. The van der Waals surface area contributed by atoms with Crippen LogP contribution in [0.25, 0.3) is 11.1 Å². The lowest BCUT2D eigenvalue weighted by Gasteiger charge is -2.11. The first kappa shape index (κ1) is 16.3. The average Bonchev–Trinajstić information content (AvgIpc) is 2.46. The third-order valence-corrected chi connectivity index (χ3v) is 3.34. The molecule has 2 aromatic rings. The van der Waals surface area contributed by atoms with E-state index in [-0.39, 0.29) is 0 Å². The lowest BCUT2D eigenvalue weighted by atomic mass is 10.0. The molecule has 0 bridgehead atoms. The fraction of sp³-hybridized carbons (Fsp3) is 0.143. The highest BCUT2D eigenvalue weighted by atomic mass is 32.2. The number of rotatable bonds is 4. The molecule has 2 aromatic carbocycles. The first-order valence-electron chi connectivity index (χ1n) is 6.04. The molecule has 0 aromatic heterocycles. The lowest BCUT2D eigenvalue weighted by Crippen LogP contribution is -2.04. The molecule has 0 aliphatic heterocycles. The van der Waals surface area contributed by atoms with Gasteiger partial charge < -0.3 is 4.74 Å². The molecule has 8 heteroatoms. The van der Waals surface area contributed by atoms with E-state index in [2.05, 4.69) is 4.72 Å². The van der Waals surface area contributed by atoms with Gasteiger partial charge in [-0.15, -0.1) is 0 Å². The maximum Gasteiger partial charge on any atom is 0.416 e. The summed E-state index contributed by atoms with van der Waals surface area (Å²) in [7, 11) is 1.39. The van der Waals surface area contributed by atoms with Crippen molar-refractivity contribution in [3.63, 3.8) is 0 Å². The highest BCUT2D eigenvalue weighted by Crippen LogP contribution is 2.33. The van der Waals surface area contributed by atoms with Gasteiger partial charge in [0, 0.05) is 0 Å². The van der Waals surface area contributed by atoms with Crippen molar-refractivity contribution in [2.45, 2.75) is 6.18 Å². The van der Waals surface area contributed by atoms with Gasteiger partial charge in [0.05, 0.1) is 18.4 Å². The molecule has 4 nitrogen and oxygen atoms in total. The summed E-state index contributed by atoms with van der Waals surface area (Å²) in [5, 5.41) is 0. The van der Waals surface area contributed by atoms with E-state index >= 15 is 0 Å². The monoisotopic (exact) mass is 331 g/mol. The van der Waals surface area contributed by atoms with Gasteiger partial charge in [-0.25, -0.2) is 4.21 Å². The quantitative estimate of drug-likeness (QED) is 0.835. The first-order valence-corrected chi connectivity index (χ1v) is 7.15. The highest BCUT2D eigenvalue weighted by Gasteiger charge is 2.29. The Morgan fingerprint density at radius 2 is 1.68 bits per heavy atom. The summed E-state index contributed by atoms with van der Waals surface area (Å²) < 4.78 is 64.6. The Hall–Kier alpha value is -2.06. The topological polar surface area (TPSA) is 58.6 Å². The van der Waals surface area contributed by atoms with Crippen LogP contribution in [0.2, 0.25) is 0 Å². The Bertz CT molecular complexity index is 687. The van der Waals surface area contributed by atoms with Crippen molar-refractivity contribution in [2.75, 3.05) is 11.8 Å². The summed E-state index contributed by atoms with van der Waals surface area (Å²) in [6.07, 6.45) is -4.38. The fourth-order valence-corrected chi connectivity index (χ4v) is 2.26. The number of benzene rings is 2. The van der Waals surface area contributed by atoms with E-state index in [1.807, 2.05) is 0 Å². The van der Waals surface area contributed by atoms with Crippen molar-refractivity contribution in [3.8, 4) is 16.9 Å². The van der Waals surface area contributed by atoms with E-state index in [1.54, 1.807) is 12.1 Å². The molecule has 2 N–H and O–H groups in total. The molecular weight excluding hydrogens is 319 g/mol. The SMILES string of the molecule is COc1cc(-c2ccc(C(F)(F)F)cc2)ccc1NS(=O)O. The molecule has 0 spiro atoms. The fourth-order valence-electron chi connectivity index (χ4n) is 1.90. The van der Waals surface area contributed by atoms with Gasteiger partial charge >= 0.3 is 6.18 Å². The standard InChI is InChI=1S/C14H12F3NO3S/c1-21-13-8-10(4-7-12(13)18-22(19)20)9-2-5-11(6-3-9)14(15,16)17/h2-8,18H,1H3,(H,19,20). The van der Waals surface area contributed by atoms with Crippen LogP contribution in [0.4, 0.5) is 18.9 Å². The maximum absolute atomic E-state index is 12.5. The van der Waals surface area contributed by atoms with Crippen molar-refractivity contribution in [1.82, 2.24) is 0 Å². The van der Waals surface area contributed by atoms with E-state index in [1.165, 1.54) is 25.3 Å². The van der Waals surface area contributed by atoms with Crippen molar-refractivity contribution in [1.29, 1.82) is 0 Å². The Labute approximate surface area is 127 Å². The Kier molecular flexibility index (Phi) is 4.72. The largest absolute Gasteiger partial charge is 0.495 e. The summed E-state index contributed by atoms with van der Waals surface area (Å²) >= 11 is -2.25. The van der Waals surface area contributed by atoms with Gasteiger partial charge in [0.15, 0.2) is 0 Å². The van der Waals surface area contributed by atoms with Crippen LogP contribution in [0, 0.1) is 0 Å². The third-order valence-electron chi connectivity index (χ3n) is 2.94. The minimum atomic E-state index is -4.38. The van der Waals surface area contributed by atoms with Crippen LogP contribution in [0.1, 0.15) is 5.56 Å².